The van der Waals surface area contributed by atoms with E-state index in [9.17, 15) is 4.79 Å². The number of benzene rings is 2. The van der Waals surface area contributed by atoms with Gasteiger partial charge in [0.05, 0.1) is 11.4 Å². The molecule has 0 atom stereocenters. The van der Waals surface area contributed by atoms with Crippen LogP contribution in [0, 0.1) is 13.8 Å². The first-order valence-corrected chi connectivity index (χ1v) is 11.5. The average molecular weight is 444 g/mol. The van der Waals surface area contributed by atoms with Crippen molar-refractivity contribution in [2.24, 2.45) is 0 Å². The molecule has 1 aliphatic carbocycles. The molecule has 0 spiro atoms. The SMILES string of the molecule is Cc1ccc(C)c(-c2ccc3nc(-c4ccc(Cl)cc4)c(CCC(=O)NC4CC4)n3c2)c1. The van der Waals surface area contributed by atoms with Gasteiger partial charge in [-0.05, 0) is 74.1 Å². The Morgan fingerprint density at radius 2 is 1.81 bits per heavy atom. The number of nitrogens with zero attached hydrogens (tertiary/aromatic N) is 2. The molecular formula is C27H26ClN3O. The number of imidazole rings is 1. The van der Waals surface area contributed by atoms with E-state index in [-0.39, 0.29) is 5.91 Å². The first kappa shape index (κ1) is 20.8. The monoisotopic (exact) mass is 443 g/mol. The summed E-state index contributed by atoms with van der Waals surface area (Å²) in [4.78, 5) is 17.4. The number of aryl methyl sites for hydroxylation is 3. The zero-order valence-corrected chi connectivity index (χ0v) is 19.1. The maximum atomic E-state index is 12.4. The highest BCUT2D eigenvalue weighted by Gasteiger charge is 2.23. The van der Waals surface area contributed by atoms with E-state index < -0.39 is 0 Å². The van der Waals surface area contributed by atoms with E-state index in [1.54, 1.807) is 0 Å². The lowest BCUT2D eigenvalue weighted by Gasteiger charge is -2.10. The molecule has 1 aliphatic rings. The van der Waals surface area contributed by atoms with Crippen LogP contribution in [-0.2, 0) is 11.2 Å². The van der Waals surface area contributed by atoms with Gasteiger partial charge in [0.1, 0.15) is 5.65 Å². The van der Waals surface area contributed by atoms with Crippen molar-refractivity contribution in [3.8, 4) is 22.4 Å². The van der Waals surface area contributed by atoms with Gasteiger partial charge in [-0.3, -0.25) is 4.79 Å². The minimum absolute atomic E-state index is 0.107. The molecule has 32 heavy (non-hydrogen) atoms. The predicted octanol–water partition coefficient (Wildman–Crippen LogP) is 6.15. The second kappa shape index (κ2) is 8.44. The third-order valence-electron chi connectivity index (χ3n) is 6.07. The number of amides is 1. The van der Waals surface area contributed by atoms with Crippen molar-refractivity contribution in [3.63, 3.8) is 0 Å². The summed E-state index contributed by atoms with van der Waals surface area (Å²) in [5, 5.41) is 3.79. The molecule has 4 aromatic rings. The van der Waals surface area contributed by atoms with Crippen LogP contribution in [0.4, 0.5) is 0 Å². The van der Waals surface area contributed by atoms with Gasteiger partial charge in [-0.2, -0.15) is 0 Å². The van der Waals surface area contributed by atoms with Crippen molar-refractivity contribution in [1.82, 2.24) is 14.7 Å². The summed E-state index contributed by atoms with van der Waals surface area (Å²) in [6.07, 6.45) is 5.40. The van der Waals surface area contributed by atoms with Crippen LogP contribution in [0.25, 0.3) is 28.0 Å². The third kappa shape index (κ3) is 4.28. The van der Waals surface area contributed by atoms with Crippen molar-refractivity contribution in [2.45, 2.75) is 45.6 Å². The molecule has 1 fully saturated rings. The van der Waals surface area contributed by atoms with E-state index >= 15 is 0 Å². The highest BCUT2D eigenvalue weighted by Crippen LogP contribution is 2.30. The summed E-state index contributed by atoms with van der Waals surface area (Å²) in [5.41, 5.74) is 8.65. The Bertz CT molecular complexity index is 1300. The van der Waals surface area contributed by atoms with Gasteiger partial charge in [-0.1, -0.05) is 47.5 Å². The number of carbonyl (C=O) groups is 1. The van der Waals surface area contributed by atoms with Crippen LogP contribution in [0.2, 0.25) is 5.02 Å². The third-order valence-corrected chi connectivity index (χ3v) is 6.32. The van der Waals surface area contributed by atoms with Crippen molar-refractivity contribution in [2.75, 3.05) is 0 Å². The zero-order valence-electron chi connectivity index (χ0n) is 18.4. The largest absolute Gasteiger partial charge is 0.353 e. The number of carbonyl (C=O) groups excluding carboxylic acids is 1. The van der Waals surface area contributed by atoms with Crippen LogP contribution in [0.5, 0.6) is 0 Å². The van der Waals surface area contributed by atoms with E-state index in [1.807, 2.05) is 24.3 Å². The Morgan fingerprint density at radius 3 is 2.56 bits per heavy atom. The first-order valence-electron chi connectivity index (χ1n) is 11.1. The van der Waals surface area contributed by atoms with Gasteiger partial charge in [0.15, 0.2) is 0 Å². The van der Waals surface area contributed by atoms with E-state index in [2.05, 4.69) is 60.1 Å². The number of hydrogen-bond acceptors (Lipinski definition) is 2. The van der Waals surface area contributed by atoms with Crippen LogP contribution in [-0.4, -0.2) is 21.3 Å². The molecule has 0 bridgehead atoms. The van der Waals surface area contributed by atoms with E-state index in [1.165, 1.54) is 16.7 Å². The fourth-order valence-corrected chi connectivity index (χ4v) is 4.26. The van der Waals surface area contributed by atoms with Crippen molar-refractivity contribution in [1.29, 1.82) is 0 Å². The number of pyridine rings is 1. The Kier molecular flexibility index (Phi) is 5.48. The van der Waals surface area contributed by atoms with Gasteiger partial charge >= 0.3 is 0 Å². The minimum atomic E-state index is 0.107. The second-order valence-electron chi connectivity index (χ2n) is 8.72. The molecule has 0 saturated heterocycles. The number of hydrogen-bond donors (Lipinski definition) is 1. The van der Waals surface area contributed by atoms with Crippen molar-refractivity contribution < 1.29 is 4.79 Å². The summed E-state index contributed by atoms with van der Waals surface area (Å²) in [6.45, 7) is 4.25. The molecule has 1 N–H and O–H groups in total. The lowest BCUT2D eigenvalue weighted by molar-refractivity contribution is -0.121. The highest BCUT2D eigenvalue weighted by molar-refractivity contribution is 6.30. The Balaban J connectivity index is 1.59. The average Bonchev–Trinajstić information content (AvgIpc) is 3.52. The Hall–Kier alpha value is -3.11. The Labute approximate surface area is 193 Å². The number of fused-ring (bicyclic) bond motifs is 1. The second-order valence-corrected chi connectivity index (χ2v) is 9.16. The summed E-state index contributed by atoms with van der Waals surface area (Å²) < 4.78 is 2.14. The van der Waals surface area contributed by atoms with Crippen LogP contribution in [0.1, 0.15) is 36.1 Å². The molecule has 2 aromatic heterocycles. The maximum absolute atomic E-state index is 12.4. The van der Waals surface area contributed by atoms with E-state index in [4.69, 9.17) is 16.6 Å². The molecule has 0 aliphatic heterocycles. The molecule has 2 heterocycles. The molecule has 0 unspecified atom stereocenters. The molecule has 5 rings (SSSR count). The van der Waals surface area contributed by atoms with E-state index in [0.717, 1.165) is 41.0 Å². The number of halogens is 1. The minimum Gasteiger partial charge on any atom is -0.353 e. The van der Waals surface area contributed by atoms with Gasteiger partial charge in [0.2, 0.25) is 5.91 Å². The fourth-order valence-electron chi connectivity index (χ4n) is 4.14. The van der Waals surface area contributed by atoms with Crippen molar-refractivity contribution in [3.05, 3.63) is 82.6 Å². The highest BCUT2D eigenvalue weighted by atomic mass is 35.5. The summed E-state index contributed by atoms with van der Waals surface area (Å²) >= 11 is 6.11. The molecule has 162 valence electrons. The summed E-state index contributed by atoms with van der Waals surface area (Å²) in [6, 6.07) is 18.8. The number of rotatable bonds is 6. The molecule has 1 saturated carbocycles. The molecule has 4 nitrogen and oxygen atoms in total. The van der Waals surface area contributed by atoms with Gasteiger partial charge in [0.25, 0.3) is 0 Å². The normalized spacial score (nSPS) is 13.5. The smallest absolute Gasteiger partial charge is 0.220 e. The van der Waals surface area contributed by atoms with Crippen LogP contribution < -0.4 is 5.32 Å². The maximum Gasteiger partial charge on any atom is 0.220 e. The first-order chi connectivity index (χ1) is 15.5. The molecule has 5 heteroatoms. The van der Waals surface area contributed by atoms with Gasteiger partial charge in [0, 0.05) is 29.2 Å². The summed E-state index contributed by atoms with van der Waals surface area (Å²) in [5.74, 6) is 0.107. The molecule has 2 aromatic carbocycles. The standard InChI is InChI=1S/C27H26ClN3O/c1-17-3-4-18(2)23(15-17)20-7-13-25-30-27(19-5-8-21(28)9-6-19)24(31(25)16-20)12-14-26(32)29-22-10-11-22/h3-9,13,15-16,22H,10-12,14H2,1-2H3,(H,29,32). The fraction of sp³-hybridized carbons (Fsp3) is 0.259. The van der Waals surface area contributed by atoms with Gasteiger partial charge < -0.3 is 9.72 Å². The summed E-state index contributed by atoms with van der Waals surface area (Å²) in [7, 11) is 0. The Morgan fingerprint density at radius 1 is 1.06 bits per heavy atom. The molecule has 0 radical (unpaired) electrons. The predicted molar refractivity (Wildman–Crippen MR) is 130 cm³/mol. The molecular weight excluding hydrogens is 418 g/mol. The lowest BCUT2D eigenvalue weighted by Crippen LogP contribution is -2.25. The van der Waals surface area contributed by atoms with Gasteiger partial charge in [-0.25, -0.2) is 4.98 Å². The number of aromatic nitrogens is 2. The van der Waals surface area contributed by atoms with Crippen LogP contribution in [0.3, 0.4) is 0 Å². The van der Waals surface area contributed by atoms with Crippen LogP contribution >= 0.6 is 11.6 Å². The van der Waals surface area contributed by atoms with Crippen LogP contribution in [0.15, 0.2) is 60.8 Å². The van der Waals surface area contributed by atoms with Crippen molar-refractivity contribution >= 4 is 23.2 Å². The number of nitrogens with one attached hydrogen (secondary N) is 1. The molecule has 1 amide bonds. The zero-order chi connectivity index (χ0) is 22.2. The lowest BCUT2D eigenvalue weighted by atomic mass is 10.00. The quantitative estimate of drug-likeness (QED) is 0.388. The van der Waals surface area contributed by atoms with E-state index in [0.29, 0.717) is 23.9 Å². The van der Waals surface area contributed by atoms with Gasteiger partial charge in [-0.15, -0.1) is 0 Å². The topological polar surface area (TPSA) is 46.4 Å².